The van der Waals surface area contributed by atoms with E-state index < -0.39 is 6.10 Å². The highest BCUT2D eigenvalue weighted by Crippen LogP contribution is 2.24. The third-order valence-corrected chi connectivity index (χ3v) is 5.09. The molecule has 1 atom stereocenters. The summed E-state index contributed by atoms with van der Waals surface area (Å²) in [7, 11) is 3.23. The van der Waals surface area contributed by atoms with Gasteiger partial charge in [0.15, 0.2) is 0 Å². The number of anilines is 1. The van der Waals surface area contributed by atoms with Crippen molar-refractivity contribution in [1.82, 2.24) is 4.90 Å². The van der Waals surface area contributed by atoms with Crippen LogP contribution >= 0.6 is 0 Å². The van der Waals surface area contributed by atoms with E-state index in [2.05, 4.69) is 4.90 Å². The molecule has 29 heavy (non-hydrogen) atoms. The number of aliphatic hydroxyl groups is 1. The minimum atomic E-state index is -0.591. The molecule has 0 aromatic heterocycles. The number of para-hydroxylation sites is 1. The van der Waals surface area contributed by atoms with Gasteiger partial charge in [-0.3, -0.25) is 4.90 Å². The first-order valence-corrected chi connectivity index (χ1v) is 9.79. The zero-order chi connectivity index (χ0) is 20.6. The number of halogens is 1. The van der Waals surface area contributed by atoms with Crippen LogP contribution in [0.3, 0.4) is 0 Å². The van der Waals surface area contributed by atoms with Crippen LogP contribution in [0, 0.1) is 5.82 Å². The molecule has 1 aliphatic heterocycles. The van der Waals surface area contributed by atoms with Gasteiger partial charge in [-0.25, -0.2) is 4.39 Å². The molecule has 3 rings (SSSR count). The molecular weight excluding hydrogens is 375 g/mol. The van der Waals surface area contributed by atoms with E-state index in [1.807, 2.05) is 29.2 Å². The number of ether oxygens (including phenoxy) is 3. The van der Waals surface area contributed by atoms with Crippen molar-refractivity contribution in [2.45, 2.75) is 12.7 Å². The number of piperazine rings is 1. The van der Waals surface area contributed by atoms with Crippen molar-refractivity contribution in [3.8, 4) is 11.5 Å². The molecule has 6 nitrogen and oxygen atoms in total. The minimum Gasteiger partial charge on any atom is -0.497 e. The summed E-state index contributed by atoms with van der Waals surface area (Å²) in [4.78, 5) is 4.22. The van der Waals surface area contributed by atoms with Crippen molar-refractivity contribution in [3.63, 3.8) is 0 Å². The molecule has 1 heterocycles. The highest BCUT2D eigenvalue weighted by atomic mass is 19.1. The van der Waals surface area contributed by atoms with Gasteiger partial charge in [0.1, 0.15) is 17.3 Å². The largest absolute Gasteiger partial charge is 0.497 e. The monoisotopic (exact) mass is 404 g/mol. The van der Waals surface area contributed by atoms with Gasteiger partial charge in [-0.15, -0.1) is 0 Å². The molecule has 1 aliphatic rings. The average Bonchev–Trinajstić information content (AvgIpc) is 2.74. The number of benzene rings is 2. The Bertz CT molecular complexity index is 781. The van der Waals surface area contributed by atoms with Crippen molar-refractivity contribution in [2.75, 3.05) is 58.5 Å². The second-order valence-electron chi connectivity index (χ2n) is 7.09. The highest BCUT2D eigenvalue weighted by Gasteiger charge is 2.21. The second kappa shape index (κ2) is 10.4. The maximum Gasteiger partial charge on any atom is 0.146 e. The van der Waals surface area contributed by atoms with E-state index in [9.17, 15) is 9.50 Å². The van der Waals surface area contributed by atoms with Crippen LogP contribution in [0.4, 0.5) is 10.1 Å². The Kier molecular flexibility index (Phi) is 7.69. The Labute approximate surface area is 171 Å². The summed E-state index contributed by atoms with van der Waals surface area (Å²) in [6.07, 6.45) is -0.591. The number of aliphatic hydroxyl groups excluding tert-OH is 1. The van der Waals surface area contributed by atoms with Crippen molar-refractivity contribution < 1.29 is 23.7 Å². The van der Waals surface area contributed by atoms with E-state index in [1.54, 1.807) is 26.4 Å². The van der Waals surface area contributed by atoms with Crippen molar-refractivity contribution >= 4 is 5.69 Å². The minimum absolute atomic E-state index is 0.192. The first kappa shape index (κ1) is 21.4. The van der Waals surface area contributed by atoms with Crippen LogP contribution in [0.1, 0.15) is 5.56 Å². The van der Waals surface area contributed by atoms with Crippen LogP contribution in [-0.2, 0) is 11.3 Å². The van der Waals surface area contributed by atoms with Gasteiger partial charge >= 0.3 is 0 Å². The zero-order valence-electron chi connectivity index (χ0n) is 17.0. The smallest absolute Gasteiger partial charge is 0.146 e. The lowest BCUT2D eigenvalue weighted by molar-refractivity contribution is 0.00860. The Hall–Kier alpha value is -2.35. The molecule has 1 fully saturated rings. The first-order chi connectivity index (χ1) is 14.1. The number of nitrogens with zero attached hydrogens (tertiary/aromatic N) is 2. The van der Waals surface area contributed by atoms with Gasteiger partial charge in [0.2, 0.25) is 0 Å². The van der Waals surface area contributed by atoms with Gasteiger partial charge in [-0.2, -0.15) is 0 Å². The van der Waals surface area contributed by atoms with Crippen molar-refractivity contribution in [1.29, 1.82) is 0 Å². The highest BCUT2D eigenvalue weighted by molar-refractivity contribution is 5.48. The molecule has 0 radical (unpaired) electrons. The molecule has 0 aliphatic carbocycles. The maximum absolute atomic E-state index is 13.9. The molecule has 0 saturated carbocycles. The predicted octanol–water partition coefficient (Wildman–Crippen LogP) is 2.54. The third-order valence-electron chi connectivity index (χ3n) is 5.09. The van der Waals surface area contributed by atoms with Crippen LogP contribution in [0.2, 0.25) is 0 Å². The SMILES string of the molecule is COc1ccc(OC)c(COC[C@@H](O)CN2CCN(c3ccccc3F)CC2)c1. The fourth-order valence-electron chi connectivity index (χ4n) is 3.53. The van der Waals surface area contributed by atoms with E-state index in [-0.39, 0.29) is 12.4 Å². The molecule has 1 N–H and O–H groups in total. The van der Waals surface area contributed by atoms with Crippen molar-refractivity contribution in [3.05, 3.63) is 53.8 Å². The van der Waals surface area contributed by atoms with Crippen LogP contribution < -0.4 is 14.4 Å². The average molecular weight is 404 g/mol. The zero-order valence-corrected chi connectivity index (χ0v) is 17.0. The molecule has 0 bridgehead atoms. The lowest BCUT2D eigenvalue weighted by Gasteiger charge is -2.37. The molecule has 0 unspecified atom stereocenters. The van der Waals surface area contributed by atoms with Gasteiger partial charge in [0.05, 0.1) is 39.2 Å². The van der Waals surface area contributed by atoms with Gasteiger partial charge in [-0.05, 0) is 30.3 Å². The molecule has 2 aromatic carbocycles. The van der Waals surface area contributed by atoms with Gasteiger partial charge in [0, 0.05) is 38.3 Å². The normalized spacial score (nSPS) is 15.9. The van der Waals surface area contributed by atoms with Crippen molar-refractivity contribution in [2.24, 2.45) is 0 Å². The number of hydrogen-bond donors (Lipinski definition) is 1. The van der Waals surface area contributed by atoms with Crippen LogP contribution in [0.5, 0.6) is 11.5 Å². The second-order valence-corrected chi connectivity index (χ2v) is 7.09. The Morgan fingerprint density at radius 3 is 2.48 bits per heavy atom. The number of methoxy groups -OCH3 is 2. The topological polar surface area (TPSA) is 54.4 Å². The van der Waals surface area contributed by atoms with E-state index >= 15 is 0 Å². The van der Waals surface area contributed by atoms with E-state index in [0.29, 0.717) is 18.8 Å². The molecule has 0 spiro atoms. The summed E-state index contributed by atoms with van der Waals surface area (Å²) >= 11 is 0. The molecule has 158 valence electrons. The van der Waals surface area contributed by atoms with Gasteiger partial charge in [-0.1, -0.05) is 12.1 Å². The third kappa shape index (κ3) is 5.82. The maximum atomic E-state index is 13.9. The van der Waals surface area contributed by atoms with E-state index in [1.165, 1.54) is 6.07 Å². The summed E-state index contributed by atoms with van der Waals surface area (Å²) in [6, 6.07) is 12.4. The van der Waals surface area contributed by atoms with Crippen LogP contribution in [0.25, 0.3) is 0 Å². The number of β-amino-alcohol motifs (C(OH)–C–C–N with tert-alkyl or cyclic N) is 1. The summed E-state index contributed by atoms with van der Waals surface area (Å²) in [5.74, 6) is 1.27. The fourth-order valence-corrected chi connectivity index (χ4v) is 3.53. The van der Waals surface area contributed by atoms with E-state index in [0.717, 1.165) is 43.2 Å². The Balaban J connectivity index is 1.42. The number of hydrogen-bond acceptors (Lipinski definition) is 6. The first-order valence-electron chi connectivity index (χ1n) is 9.79. The summed E-state index contributed by atoms with van der Waals surface area (Å²) in [6.45, 7) is 4.10. The lowest BCUT2D eigenvalue weighted by Crippen LogP contribution is -2.49. The Morgan fingerprint density at radius 1 is 1.03 bits per heavy atom. The summed E-state index contributed by atoms with van der Waals surface area (Å²) in [5, 5.41) is 10.3. The van der Waals surface area contributed by atoms with Gasteiger partial charge in [0.25, 0.3) is 0 Å². The molecule has 2 aromatic rings. The summed E-state index contributed by atoms with van der Waals surface area (Å²) in [5.41, 5.74) is 1.51. The summed E-state index contributed by atoms with van der Waals surface area (Å²) < 4.78 is 30.2. The molecule has 1 saturated heterocycles. The Morgan fingerprint density at radius 2 is 1.79 bits per heavy atom. The fraction of sp³-hybridized carbons (Fsp3) is 0.455. The van der Waals surface area contributed by atoms with Gasteiger partial charge < -0.3 is 24.2 Å². The molecular formula is C22H29FN2O4. The molecule has 7 heteroatoms. The van der Waals surface area contributed by atoms with Crippen LogP contribution in [-0.4, -0.2) is 69.7 Å². The number of rotatable bonds is 9. The predicted molar refractivity (Wildman–Crippen MR) is 110 cm³/mol. The standard InChI is InChI=1S/C22H29FN2O4/c1-27-19-7-8-22(28-2)17(13-19)15-29-16-18(26)14-24-9-11-25(12-10-24)21-6-4-3-5-20(21)23/h3-8,13,18,26H,9-12,14-16H2,1-2H3/t18-/m0/s1. The molecule has 0 amide bonds. The lowest BCUT2D eigenvalue weighted by atomic mass is 10.2. The van der Waals surface area contributed by atoms with E-state index in [4.69, 9.17) is 14.2 Å². The van der Waals surface area contributed by atoms with Crippen LogP contribution in [0.15, 0.2) is 42.5 Å². The quantitative estimate of drug-likeness (QED) is 0.693.